The van der Waals surface area contributed by atoms with E-state index in [-0.39, 0.29) is 0 Å². The van der Waals surface area contributed by atoms with Crippen molar-refractivity contribution in [3.05, 3.63) is 35.4 Å². The largest absolute Gasteiger partial charge is 0.377 e. The normalized spacial score (nSPS) is 16.9. The summed E-state index contributed by atoms with van der Waals surface area (Å²) in [5.74, 6) is 0. The van der Waals surface area contributed by atoms with Crippen molar-refractivity contribution in [1.82, 2.24) is 10.2 Å². The molecule has 18 heavy (non-hydrogen) atoms. The average Bonchev–Trinajstić information content (AvgIpc) is 2.40. The molecule has 1 heterocycles. The first-order valence-corrected chi connectivity index (χ1v) is 6.91. The zero-order valence-corrected chi connectivity index (χ0v) is 11.3. The van der Waals surface area contributed by atoms with Crippen molar-refractivity contribution in [2.24, 2.45) is 0 Å². The fourth-order valence-corrected chi connectivity index (χ4v) is 2.32. The van der Waals surface area contributed by atoms with Crippen LogP contribution in [-0.4, -0.2) is 44.2 Å². The van der Waals surface area contributed by atoms with Gasteiger partial charge in [0.15, 0.2) is 0 Å². The molecule has 0 spiro atoms. The minimum Gasteiger partial charge on any atom is -0.377 e. The summed E-state index contributed by atoms with van der Waals surface area (Å²) >= 11 is 0. The van der Waals surface area contributed by atoms with E-state index in [0.29, 0.717) is 0 Å². The first-order valence-electron chi connectivity index (χ1n) is 6.91. The van der Waals surface area contributed by atoms with Gasteiger partial charge in [0.25, 0.3) is 0 Å². The predicted octanol–water partition coefficient (Wildman–Crippen LogP) is 1.81. The zero-order valence-electron chi connectivity index (χ0n) is 11.3. The van der Waals surface area contributed by atoms with Crippen molar-refractivity contribution in [1.29, 1.82) is 0 Å². The molecule has 0 radical (unpaired) electrons. The monoisotopic (exact) mass is 248 g/mol. The van der Waals surface area contributed by atoms with Gasteiger partial charge in [-0.15, -0.1) is 0 Å². The maximum atomic E-state index is 5.72. The van der Waals surface area contributed by atoms with E-state index >= 15 is 0 Å². The third-order valence-corrected chi connectivity index (χ3v) is 3.32. The van der Waals surface area contributed by atoms with Crippen molar-refractivity contribution < 1.29 is 4.74 Å². The fraction of sp³-hybridized carbons (Fsp3) is 0.600. The molecule has 0 atom stereocenters. The molecule has 3 nitrogen and oxygen atoms in total. The summed E-state index contributed by atoms with van der Waals surface area (Å²) in [5.41, 5.74) is 2.58. The van der Waals surface area contributed by atoms with E-state index in [1.165, 1.54) is 24.2 Å². The number of rotatable bonds is 6. The summed E-state index contributed by atoms with van der Waals surface area (Å²) in [6.45, 7) is 9.49. The molecule has 0 aliphatic carbocycles. The van der Waals surface area contributed by atoms with E-state index in [4.69, 9.17) is 4.74 Å². The molecule has 3 heteroatoms. The summed E-state index contributed by atoms with van der Waals surface area (Å²) in [6, 6.07) is 8.53. The molecule has 1 aromatic rings. The Kier molecular flexibility index (Phi) is 5.65. The van der Waals surface area contributed by atoms with Gasteiger partial charge in [0, 0.05) is 39.3 Å². The van der Waals surface area contributed by atoms with Crippen LogP contribution in [0.25, 0.3) is 0 Å². The lowest BCUT2D eigenvalue weighted by Crippen LogP contribution is -2.43. The van der Waals surface area contributed by atoms with Gasteiger partial charge in [0.2, 0.25) is 0 Å². The van der Waals surface area contributed by atoms with Crippen molar-refractivity contribution >= 4 is 0 Å². The quantitative estimate of drug-likeness (QED) is 0.777. The van der Waals surface area contributed by atoms with E-state index in [9.17, 15) is 0 Å². The topological polar surface area (TPSA) is 24.5 Å². The number of ether oxygens (including phenoxy) is 1. The van der Waals surface area contributed by atoms with Gasteiger partial charge in [-0.05, 0) is 18.9 Å². The molecule has 0 saturated carbocycles. The van der Waals surface area contributed by atoms with Gasteiger partial charge in [-0.25, -0.2) is 0 Å². The van der Waals surface area contributed by atoms with E-state index in [2.05, 4.69) is 41.4 Å². The van der Waals surface area contributed by atoms with Gasteiger partial charge in [0.1, 0.15) is 0 Å². The number of nitrogens with zero attached hydrogens (tertiary/aromatic N) is 1. The Hall–Kier alpha value is -0.900. The average molecular weight is 248 g/mol. The molecule has 0 unspecified atom stereocenters. The summed E-state index contributed by atoms with van der Waals surface area (Å²) in [6.07, 6.45) is 1.13. The van der Waals surface area contributed by atoms with Crippen molar-refractivity contribution in [2.75, 3.05) is 39.3 Å². The maximum Gasteiger partial charge on any atom is 0.0716 e. The summed E-state index contributed by atoms with van der Waals surface area (Å²) < 4.78 is 5.72. The molecule has 0 amide bonds. The molecule has 0 bridgehead atoms. The fourth-order valence-electron chi connectivity index (χ4n) is 2.32. The first-order chi connectivity index (χ1) is 8.84. The minimum atomic E-state index is 0.739. The molecular formula is C15H24N2O. The highest BCUT2D eigenvalue weighted by atomic mass is 16.5. The molecule has 100 valence electrons. The lowest BCUT2D eigenvalue weighted by Gasteiger charge is -2.26. The number of hydrogen-bond donors (Lipinski definition) is 1. The van der Waals surface area contributed by atoms with Crippen molar-refractivity contribution in [3.8, 4) is 0 Å². The summed E-state index contributed by atoms with van der Waals surface area (Å²) in [7, 11) is 0. The van der Waals surface area contributed by atoms with E-state index in [1.54, 1.807) is 0 Å². The molecule has 1 aromatic carbocycles. The Morgan fingerprint density at radius 1 is 1.28 bits per heavy atom. The Balaban J connectivity index is 1.55. The van der Waals surface area contributed by atoms with Crippen LogP contribution >= 0.6 is 0 Å². The third kappa shape index (κ3) is 4.77. The molecule has 1 saturated heterocycles. The van der Waals surface area contributed by atoms with Crippen LogP contribution in [0.2, 0.25) is 0 Å². The number of aryl methyl sites for hydroxylation is 1. The smallest absolute Gasteiger partial charge is 0.0716 e. The molecule has 2 rings (SSSR count). The Morgan fingerprint density at radius 2 is 2.11 bits per heavy atom. The molecule has 1 aliphatic rings. The van der Waals surface area contributed by atoms with Crippen LogP contribution in [-0.2, 0) is 11.3 Å². The van der Waals surface area contributed by atoms with Crippen LogP contribution in [0.4, 0.5) is 0 Å². The van der Waals surface area contributed by atoms with Gasteiger partial charge in [-0.2, -0.15) is 0 Å². The lowest BCUT2D eigenvalue weighted by molar-refractivity contribution is 0.106. The van der Waals surface area contributed by atoms with Gasteiger partial charge in [-0.3, -0.25) is 0 Å². The predicted molar refractivity (Wildman–Crippen MR) is 74.8 cm³/mol. The van der Waals surface area contributed by atoms with Crippen LogP contribution < -0.4 is 5.32 Å². The second-order valence-electron chi connectivity index (χ2n) is 4.99. The highest BCUT2D eigenvalue weighted by Crippen LogP contribution is 2.05. The number of piperazine rings is 1. The minimum absolute atomic E-state index is 0.739. The lowest BCUT2D eigenvalue weighted by atomic mass is 10.1. The molecule has 1 aliphatic heterocycles. The van der Waals surface area contributed by atoms with Crippen molar-refractivity contribution in [3.63, 3.8) is 0 Å². The van der Waals surface area contributed by atoms with Crippen LogP contribution in [0, 0.1) is 6.92 Å². The Bertz CT molecular complexity index is 348. The standard InChI is InChI=1S/C15H24N2O/c1-14-4-2-5-15(12-14)13-18-11-3-8-17-9-6-16-7-10-17/h2,4-5,12,16H,3,6-11,13H2,1H3. The molecule has 0 aromatic heterocycles. The highest BCUT2D eigenvalue weighted by Gasteiger charge is 2.08. The number of nitrogens with one attached hydrogen (secondary N) is 1. The highest BCUT2D eigenvalue weighted by molar-refractivity contribution is 5.21. The van der Waals surface area contributed by atoms with Crippen LogP contribution in [0.15, 0.2) is 24.3 Å². The van der Waals surface area contributed by atoms with Crippen molar-refractivity contribution in [2.45, 2.75) is 20.0 Å². The molecule has 1 fully saturated rings. The number of benzene rings is 1. The van der Waals surface area contributed by atoms with Gasteiger partial charge < -0.3 is 15.0 Å². The van der Waals surface area contributed by atoms with E-state index in [0.717, 1.165) is 39.3 Å². The maximum absolute atomic E-state index is 5.72. The SMILES string of the molecule is Cc1cccc(COCCCN2CCNCC2)c1. The second-order valence-corrected chi connectivity index (χ2v) is 4.99. The third-order valence-electron chi connectivity index (χ3n) is 3.32. The summed E-state index contributed by atoms with van der Waals surface area (Å²) in [4.78, 5) is 2.51. The number of hydrogen-bond acceptors (Lipinski definition) is 3. The Morgan fingerprint density at radius 3 is 2.89 bits per heavy atom. The van der Waals surface area contributed by atoms with Crippen LogP contribution in [0.5, 0.6) is 0 Å². The Labute approximate surface area is 110 Å². The van der Waals surface area contributed by atoms with Gasteiger partial charge >= 0.3 is 0 Å². The first kappa shape index (κ1) is 13.5. The van der Waals surface area contributed by atoms with Crippen LogP contribution in [0.3, 0.4) is 0 Å². The van der Waals surface area contributed by atoms with Crippen LogP contribution in [0.1, 0.15) is 17.5 Å². The van der Waals surface area contributed by atoms with Gasteiger partial charge in [0.05, 0.1) is 6.61 Å². The second kappa shape index (κ2) is 7.52. The summed E-state index contributed by atoms with van der Waals surface area (Å²) in [5, 5.41) is 3.37. The molecular weight excluding hydrogens is 224 g/mol. The van der Waals surface area contributed by atoms with E-state index in [1.807, 2.05) is 0 Å². The molecule has 1 N–H and O–H groups in total. The van der Waals surface area contributed by atoms with Gasteiger partial charge in [-0.1, -0.05) is 29.8 Å². The zero-order chi connectivity index (χ0) is 12.6. The van der Waals surface area contributed by atoms with E-state index < -0.39 is 0 Å².